The standard InChI is InChI=1S/C18H20N2O/c21-18(11-10-14-5-4-12-19-13-14)20-17-9-3-7-15-6-1-2-8-16(15)17/h3-5,7,9,12-13H,1-2,6,8,10-11H2,(H,20,21). The largest absolute Gasteiger partial charge is 0.326 e. The normalized spacial score (nSPS) is 13.5. The van der Waals surface area contributed by atoms with Gasteiger partial charge in [-0.15, -0.1) is 0 Å². The van der Waals surface area contributed by atoms with Gasteiger partial charge < -0.3 is 5.32 Å². The van der Waals surface area contributed by atoms with E-state index in [1.807, 2.05) is 30.5 Å². The molecule has 0 saturated carbocycles. The lowest BCUT2D eigenvalue weighted by Crippen LogP contribution is -2.15. The molecule has 0 aliphatic heterocycles. The number of amides is 1. The van der Waals surface area contributed by atoms with Crippen molar-refractivity contribution in [1.29, 1.82) is 0 Å². The average molecular weight is 280 g/mol. The Balaban J connectivity index is 1.63. The highest BCUT2D eigenvalue weighted by atomic mass is 16.1. The number of hydrogen-bond donors (Lipinski definition) is 1. The maximum Gasteiger partial charge on any atom is 0.224 e. The SMILES string of the molecule is O=C(CCc1cccnc1)Nc1cccc2c1CCCC2. The molecule has 1 amide bonds. The van der Waals surface area contributed by atoms with Gasteiger partial charge in [-0.05, 0) is 60.9 Å². The summed E-state index contributed by atoms with van der Waals surface area (Å²) in [5.41, 5.74) is 4.83. The quantitative estimate of drug-likeness (QED) is 0.931. The molecule has 0 bridgehead atoms. The lowest BCUT2D eigenvalue weighted by atomic mass is 9.90. The Morgan fingerprint density at radius 2 is 2.05 bits per heavy atom. The van der Waals surface area contributed by atoms with E-state index in [4.69, 9.17) is 0 Å². The second kappa shape index (κ2) is 6.53. The zero-order chi connectivity index (χ0) is 14.5. The van der Waals surface area contributed by atoms with Gasteiger partial charge in [-0.25, -0.2) is 0 Å². The van der Waals surface area contributed by atoms with Gasteiger partial charge in [0.05, 0.1) is 0 Å². The summed E-state index contributed by atoms with van der Waals surface area (Å²) in [6, 6.07) is 10.2. The monoisotopic (exact) mass is 280 g/mol. The number of anilines is 1. The summed E-state index contributed by atoms with van der Waals surface area (Å²) in [6.07, 6.45) is 9.48. The van der Waals surface area contributed by atoms with E-state index in [-0.39, 0.29) is 5.91 Å². The van der Waals surface area contributed by atoms with E-state index in [9.17, 15) is 4.79 Å². The molecule has 1 aliphatic carbocycles. The van der Waals surface area contributed by atoms with E-state index < -0.39 is 0 Å². The first-order chi connectivity index (χ1) is 10.3. The molecule has 21 heavy (non-hydrogen) atoms. The molecule has 3 nitrogen and oxygen atoms in total. The van der Waals surface area contributed by atoms with Crippen molar-refractivity contribution in [2.24, 2.45) is 0 Å². The van der Waals surface area contributed by atoms with E-state index in [0.717, 1.165) is 30.5 Å². The maximum absolute atomic E-state index is 12.1. The highest BCUT2D eigenvalue weighted by molar-refractivity contribution is 5.91. The summed E-state index contributed by atoms with van der Waals surface area (Å²) in [7, 11) is 0. The Bertz CT molecular complexity index is 622. The van der Waals surface area contributed by atoms with E-state index in [1.165, 1.54) is 24.0 Å². The van der Waals surface area contributed by atoms with Crippen molar-refractivity contribution in [2.75, 3.05) is 5.32 Å². The van der Waals surface area contributed by atoms with Gasteiger partial charge >= 0.3 is 0 Å². The summed E-state index contributed by atoms with van der Waals surface area (Å²) in [5.74, 6) is 0.0813. The Kier molecular flexibility index (Phi) is 4.29. The number of hydrogen-bond acceptors (Lipinski definition) is 2. The van der Waals surface area contributed by atoms with Crippen LogP contribution in [0.4, 0.5) is 5.69 Å². The van der Waals surface area contributed by atoms with Gasteiger partial charge in [0.1, 0.15) is 0 Å². The first-order valence-electron chi connectivity index (χ1n) is 7.62. The van der Waals surface area contributed by atoms with E-state index in [0.29, 0.717) is 6.42 Å². The summed E-state index contributed by atoms with van der Waals surface area (Å²) < 4.78 is 0. The van der Waals surface area contributed by atoms with Crippen molar-refractivity contribution in [1.82, 2.24) is 4.98 Å². The minimum atomic E-state index is 0.0813. The Morgan fingerprint density at radius 3 is 2.90 bits per heavy atom. The van der Waals surface area contributed by atoms with Gasteiger partial charge in [-0.2, -0.15) is 0 Å². The van der Waals surface area contributed by atoms with Crippen LogP contribution in [0.2, 0.25) is 0 Å². The third kappa shape index (κ3) is 3.48. The van der Waals surface area contributed by atoms with Crippen LogP contribution < -0.4 is 5.32 Å². The predicted octanol–water partition coefficient (Wildman–Crippen LogP) is 3.53. The fraction of sp³-hybridized carbons (Fsp3) is 0.333. The van der Waals surface area contributed by atoms with Crippen LogP contribution in [0, 0.1) is 0 Å². The van der Waals surface area contributed by atoms with Crippen LogP contribution >= 0.6 is 0 Å². The van der Waals surface area contributed by atoms with Crippen molar-refractivity contribution >= 4 is 11.6 Å². The Labute approximate surface area is 125 Å². The lowest BCUT2D eigenvalue weighted by Gasteiger charge is -2.19. The number of carbonyl (C=O) groups is 1. The Hall–Kier alpha value is -2.16. The number of aromatic nitrogens is 1. The first kappa shape index (κ1) is 13.8. The van der Waals surface area contributed by atoms with Gasteiger partial charge in [0.25, 0.3) is 0 Å². The highest BCUT2D eigenvalue weighted by Crippen LogP contribution is 2.27. The summed E-state index contributed by atoms with van der Waals surface area (Å²) in [4.78, 5) is 16.2. The fourth-order valence-electron chi connectivity index (χ4n) is 2.92. The van der Waals surface area contributed by atoms with E-state index >= 15 is 0 Å². The number of carbonyl (C=O) groups excluding carboxylic acids is 1. The first-order valence-corrected chi connectivity index (χ1v) is 7.62. The van der Waals surface area contributed by atoms with Crippen molar-refractivity contribution in [3.05, 3.63) is 59.4 Å². The molecule has 1 aliphatic rings. The van der Waals surface area contributed by atoms with Crippen LogP contribution in [0.25, 0.3) is 0 Å². The van der Waals surface area contributed by atoms with E-state index in [2.05, 4.69) is 16.4 Å². The highest BCUT2D eigenvalue weighted by Gasteiger charge is 2.14. The summed E-state index contributed by atoms with van der Waals surface area (Å²) >= 11 is 0. The zero-order valence-electron chi connectivity index (χ0n) is 12.1. The molecule has 108 valence electrons. The number of aryl methyl sites for hydroxylation is 2. The van der Waals surface area contributed by atoms with Crippen LogP contribution in [0.15, 0.2) is 42.7 Å². The molecule has 1 N–H and O–H groups in total. The molecular formula is C18H20N2O. The van der Waals surface area contributed by atoms with Crippen LogP contribution in [0.3, 0.4) is 0 Å². The number of nitrogens with one attached hydrogen (secondary N) is 1. The Morgan fingerprint density at radius 1 is 1.14 bits per heavy atom. The number of pyridine rings is 1. The molecule has 0 fully saturated rings. The molecule has 2 aromatic rings. The molecule has 3 rings (SSSR count). The number of benzene rings is 1. The minimum Gasteiger partial charge on any atom is -0.326 e. The average Bonchev–Trinajstić information content (AvgIpc) is 2.54. The molecule has 0 atom stereocenters. The van der Waals surface area contributed by atoms with Gasteiger partial charge in [0.2, 0.25) is 5.91 Å². The smallest absolute Gasteiger partial charge is 0.224 e. The summed E-state index contributed by atoms with van der Waals surface area (Å²) in [6.45, 7) is 0. The summed E-state index contributed by atoms with van der Waals surface area (Å²) in [5, 5.41) is 3.08. The van der Waals surface area contributed by atoms with Crippen LogP contribution in [-0.4, -0.2) is 10.9 Å². The zero-order valence-corrected chi connectivity index (χ0v) is 12.1. The lowest BCUT2D eigenvalue weighted by molar-refractivity contribution is -0.116. The van der Waals surface area contributed by atoms with Crippen molar-refractivity contribution in [2.45, 2.75) is 38.5 Å². The molecule has 0 radical (unpaired) electrons. The second-order valence-electron chi connectivity index (χ2n) is 5.56. The molecule has 0 spiro atoms. The van der Waals surface area contributed by atoms with E-state index in [1.54, 1.807) is 6.20 Å². The molecular weight excluding hydrogens is 260 g/mol. The third-order valence-electron chi connectivity index (χ3n) is 4.03. The van der Waals surface area contributed by atoms with Gasteiger partial charge in [0, 0.05) is 24.5 Å². The fourth-order valence-corrected chi connectivity index (χ4v) is 2.92. The van der Waals surface area contributed by atoms with Gasteiger partial charge in [0.15, 0.2) is 0 Å². The van der Waals surface area contributed by atoms with Gasteiger partial charge in [-0.1, -0.05) is 18.2 Å². The predicted molar refractivity (Wildman–Crippen MR) is 84.3 cm³/mol. The minimum absolute atomic E-state index is 0.0813. The number of fused-ring (bicyclic) bond motifs is 1. The number of rotatable bonds is 4. The maximum atomic E-state index is 12.1. The molecule has 1 heterocycles. The van der Waals surface area contributed by atoms with Gasteiger partial charge in [-0.3, -0.25) is 9.78 Å². The molecule has 1 aromatic heterocycles. The van der Waals surface area contributed by atoms with Crippen molar-refractivity contribution in [3.8, 4) is 0 Å². The van der Waals surface area contributed by atoms with Crippen LogP contribution in [-0.2, 0) is 24.1 Å². The third-order valence-corrected chi connectivity index (χ3v) is 4.03. The van der Waals surface area contributed by atoms with Crippen LogP contribution in [0.1, 0.15) is 36.0 Å². The van der Waals surface area contributed by atoms with Crippen molar-refractivity contribution < 1.29 is 4.79 Å². The number of nitrogens with zero attached hydrogens (tertiary/aromatic N) is 1. The van der Waals surface area contributed by atoms with Crippen molar-refractivity contribution in [3.63, 3.8) is 0 Å². The molecule has 0 unspecified atom stereocenters. The second-order valence-corrected chi connectivity index (χ2v) is 5.56. The topological polar surface area (TPSA) is 42.0 Å². The molecule has 3 heteroatoms. The molecule has 1 aromatic carbocycles. The van der Waals surface area contributed by atoms with Crippen LogP contribution in [0.5, 0.6) is 0 Å². The molecule has 0 saturated heterocycles.